The summed E-state index contributed by atoms with van der Waals surface area (Å²) < 4.78 is 1.71. The number of aromatic nitrogens is 2. The number of rotatable bonds is 2. The Balaban J connectivity index is 2.29. The third-order valence-electron chi connectivity index (χ3n) is 2.97. The van der Waals surface area contributed by atoms with Gasteiger partial charge in [0.2, 0.25) is 0 Å². The van der Waals surface area contributed by atoms with E-state index in [1.807, 2.05) is 13.2 Å². The summed E-state index contributed by atoms with van der Waals surface area (Å²) in [5.74, 6) is 0.470. The van der Waals surface area contributed by atoms with Gasteiger partial charge >= 0.3 is 0 Å². The van der Waals surface area contributed by atoms with Crippen molar-refractivity contribution in [3.05, 3.63) is 34.0 Å². The maximum absolute atomic E-state index is 10.8. The zero-order valence-corrected chi connectivity index (χ0v) is 8.88. The minimum absolute atomic E-state index is 0.169. The molecule has 1 aromatic carbocycles. The standard InChI is InChI=1S/C11H11N3O2/c1-13-6-8-4-9(14(15)16)5-10(7-2-3-7)11(8)12-13/h4-7H,2-3H2,1H3. The van der Waals surface area contributed by atoms with Crippen molar-refractivity contribution in [2.45, 2.75) is 18.8 Å². The smallest absolute Gasteiger partial charge is 0.270 e. The average Bonchev–Trinajstić information content (AvgIpc) is 2.98. The van der Waals surface area contributed by atoms with Gasteiger partial charge in [0.1, 0.15) is 0 Å². The molecule has 5 heteroatoms. The molecule has 1 aromatic heterocycles. The molecule has 5 nitrogen and oxygen atoms in total. The van der Waals surface area contributed by atoms with Crippen molar-refractivity contribution < 1.29 is 4.92 Å². The number of hydrogen-bond acceptors (Lipinski definition) is 3. The minimum atomic E-state index is -0.335. The van der Waals surface area contributed by atoms with Crippen molar-refractivity contribution in [1.29, 1.82) is 0 Å². The highest BCUT2D eigenvalue weighted by atomic mass is 16.6. The van der Waals surface area contributed by atoms with Gasteiger partial charge in [-0.2, -0.15) is 5.10 Å². The molecule has 0 spiro atoms. The Morgan fingerprint density at radius 1 is 1.50 bits per heavy atom. The number of nitro benzene ring substituents is 1. The number of non-ortho nitro benzene ring substituents is 1. The van der Waals surface area contributed by atoms with E-state index in [4.69, 9.17) is 0 Å². The lowest BCUT2D eigenvalue weighted by atomic mass is 10.1. The first-order valence-electron chi connectivity index (χ1n) is 5.27. The molecule has 0 saturated heterocycles. The molecule has 0 atom stereocenters. The van der Waals surface area contributed by atoms with E-state index >= 15 is 0 Å². The molecular formula is C11H11N3O2. The van der Waals surface area contributed by atoms with Gasteiger partial charge in [-0.25, -0.2) is 0 Å². The van der Waals surface area contributed by atoms with Crippen molar-refractivity contribution in [3.63, 3.8) is 0 Å². The van der Waals surface area contributed by atoms with Crippen molar-refractivity contribution in [2.75, 3.05) is 0 Å². The second kappa shape index (κ2) is 3.04. The second-order valence-corrected chi connectivity index (χ2v) is 4.31. The van der Waals surface area contributed by atoms with Crippen molar-refractivity contribution in [3.8, 4) is 0 Å². The van der Waals surface area contributed by atoms with Crippen molar-refractivity contribution in [1.82, 2.24) is 9.78 Å². The summed E-state index contributed by atoms with van der Waals surface area (Å²) in [6.07, 6.45) is 4.06. The number of hydrogen-bond donors (Lipinski definition) is 0. The van der Waals surface area contributed by atoms with Crippen LogP contribution in [0.5, 0.6) is 0 Å². The van der Waals surface area contributed by atoms with Gasteiger partial charge in [-0.1, -0.05) is 0 Å². The molecule has 0 radical (unpaired) electrons. The molecule has 0 aliphatic heterocycles. The van der Waals surface area contributed by atoms with Crippen molar-refractivity contribution in [2.24, 2.45) is 7.05 Å². The maximum Gasteiger partial charge on any atom is 0.270 e. The van der Waals surface area contributed by atoms with Gasteiger partial charge in [-0.05, 0) is 24.3 Å². The molecule has 1 aliphatic carbocycles. The normalized spacial score (nSPS) is 15.6. The molecule has 1 saturated carbocycles. The number of nitrogens with zero attached hydrogens (tertiary/aromatic N) is 3. The fourth-order valence-electron chi connectivity index (χ4n) is 2.08. The van der Waals surface area contributed by atoms with Crippen LogP contribution in [0.2, 0.25) is 0 Å². The predicted molar refractivity (Wildman–Crippen MR) is 59.3 cm³/mol. The highest BCUT2D eigenvalue weighted by Gasteiger charge is 2.28. The monoisotopic (exact) mass is 217 g/mol. The van der Waals surface area contributed by atoms with Crippen LogP contribution in [0.1, 0.15) is 24.3 Å². The molecule has 1 heterocycles. The van der Waals surface area contributed by atoms with Crippen LogP contribution in [0, 0.1) is 10.1 Å². The minimum Gasteiger partial charge on any atom is -0.275 e. The first-order valence-corrected chi connectivity index (χ1v) is 5.27. The first-order chi connectivity index (χ1) is 7.65. The summed E-state index contributed by atoms with van der Waals surface area (Å²) in [7, 11) is 1.84. The van der Waals surface area contributed by atoms with Gasteiger partial charge in [0, 0.05) is 30.8 Å². The summed E-state index contributed by atoms with van der Waals surface area (Å²) in [5, 5.41) is 16.1. The Hall–Kier alpha value is -1.91. The van der Waals surface area contributed by atoms with Gasteiger partial charge in [0.05, 0.1) is 10.4 Å². The van der Waals surface area contributed by atoms with Crippen LogP contribution in [0.15, 0.2) is 18.3 Å². The number of benzene rings is 1. The molecule has 0 bridgehead atoms. The van der Waals surface area contributed by atoms with Gasteiger partial charge in [0.25, 0.3) is 5.69 Å². The third kappa shape index (κ3) is 1.36. The lowest BCUT2D eigenvalue weighted by Crippen LogP contribution is -1.91. The second-order valence-electron chi connectivity index (χ2n) is 4.31. The third-order valence-corrected chi connectivity index (χ3v) is 2.97. The lowest BCUT2D eigenvalue weighted by molar-refractivity contribution is -0.384. The summed E-state index contributed by atoms with van der Waals surface area (Å²) in [6, 6.07) is 3.27. The molecule has 1 aliphatic rings. The van der Waals surface area contributed by atoms with Gasteiger partial charge in [-0.3, -0.25) is 14.8 Å². The Bertz CT molecular complexity index is 584. The molecule has 2 aromatic rings. The van der Waals surface area contributed by atoms with E-state index in [0.29, 0.717) is 5.92 Å². The summed E-state index contributed by atoms with van der Waals surface area (Å²) in [5.41, 5.74) is 2.11. The fraction of sp³-hybridized carbons (Fsp3) is 0.364. The van der Waals surface area contributed by atoms with Crippen LogP contribution in [0.4, 0.5) is 5.69 Å². The van der Waals surface area contributed by atoms with E-state index in [2.05, 4.69) is 5.10 Å². The van der Waals surface area contributed by atoms with E-state index in [1.165, 1.54) is 0 Å². The van der Waals surface area contributed by atoms with Crippen molar-refractivity contribution >= 4 is 16.6 Å². The van der Waals surface area contributed by atoms with Gasteiger partial charge in [0.15, 0.2) is 0 Å². The summed E-state index contributed by atoms with van der Waals surface area (Å²) >= 11 is 0. The molecular weight excluding hydrogens is 206 g/mol. The number of nitro groups is 1. The summed E-state index contributed by atoms with van der Waals surface area (Å²) in [4.78, 5) is 10.5. The zero-order chi connectivity index (χ0) is 11.3. The van der Waals surface area contributed by atoms with Crippen LogP contribution >= 0.6 is 0 Å². The SMILES string of the molecule is Cn1cc2cc([N+](=O)[O-])cc(C3CC3)c2n1. The van der Waals surface area contributed by atoms with Gasteiger partial charge in [-0.15, -0.1) is 0 Å². The lowest BCUT2D eigenvalue weighted by Gasteiger charge is -1.99. The largest absolute Gasteiger partial charge is 0.275 e. The Labute approximate surface area is 91.8 Å². The van der Waals surface area contributed by atoms with Crippen LogP contribution in [-0.2, 0) is 7.05 Å². The fourth-order valence-corrected chi connectivity index (χ4v) is 2.08. The van der Waals surface area contributed by atoms with E-state index in [9.17, 15) is 10.1 Å². The first kappa shape index (κ1) is 9.33. The van der Waals surface area contributed by atoms with E-state index < -0.39 is 0 Å². The van der Waals surface area contributed by atoms with Crippen LogP contribution in [-0.4, -0.2) is 14.7 Å². The van der Waals surface area contributed by atoms with Crippen LogP contribution < -0.4 is 0 Å². The van der Waals surface area contributed by atoms with E-state index in [-0.39, 0.29) is 10.6 Å². The van der Waals surface area contributed by atoms with E-state index in [1.54, 1.807) is 16.8 Å². The molecule has 3 rings (SSSR count). The molecule has 0 amide bonds. The quantitative estimate of drug-likeness (QED) is 0.573. The molecule has 0 N–H and O–H groups in total. The zero-order valence-electron chi connectivity index (χ0n) is 8.88. The molecule has 16 heavy (non-hydrogen) atoms. The number of aryl methyl sites for hydroxylation is 1. The van der Waals surface area contributed by atoms with Crippen LogP contribution in [0.3, 0.4) is 0 Å². The predicted octanol–water partition coefficient (Wildman–Crippen LogP) is 2.36. The Morgan fingerprint density at radius 2 is 2.25 bits per heavy atom. The van der Waals surface area contributed by atoms with Crippen LogP contribution in [0.25, 0.3) is 10.9 Å². The topological polar surface area (TPSA) is 61.0 Å². The average molecular weight is 217 g/mol. The summed E-state index contributed by atoms with van der Waals surface area (Å²) in [6.45, 7) is 0. The maximum atomic E-state index is 10.8. The molecule has 1 fully saturated rings. The highest BCUT2D eigenvalue weighted by Crippen LogP contribution is 2.44. The van der Waals surface area contributed by atoms with Gasteiger partial charge < -0.3 is 0 Å². The van der Waals surface area contributed by atoms with E-state index in [0.717, 1.165) is 29.3 Å². The Morgan fingerprint density at radius 3 is 2.88 bits per heavy atom. The Kier molecular flexibility index (Phi) is 1.77. The molecule has 82 valence electrons. The molecule has 0 unspecified atom stereocenters. The highest BCUT2D eigenvalue weighted by molar-refractivity contribution is 5.85. The number of fused-ring (bicyclic) bond motifs is 1.